The molecule has 118 valence electrons. The Labute approximate surface area is 130 Å². The van der Waals surface area contributed by atoms with Crippen LogP contribution in [0.2, 0.25) is 0 Å². The average molecular weight is 340 g/mol. The van der Waals surface area contributed by atoms with Crippen LogP contribution in [0.3, 0.4) is 0 Å². The van der Waals surface area contributed by atoms with E-state index in [9.17, 15) is 16.8 Å². The van der Waals surface area contributed by atoms with Gasteiger partial charge in [-0.3, -0.25) is 0 Å². The van der Waals surface area contributed by atoms with E-state index in [1.165, 1.54) is 18.3 Å². The highest BCUT2D eigenvalue weighted by Crippen LogP contribution is 2.35. The van der Waals surface area contributed by atoms with E-state index in [1.54, 1.807) is 12.1 Å². The number of rotatable bonds is 2. The first-order chi connectivity index (χ1) is 10.3. The van der Waals surface area contributed by atoms with E-state index < -0.39 is 20.0 Å². The zero-order valence-electron chi connectivity index (χ0n) is 12.1. The minimum atomic E-state index is -4.22. The number of hydrazone groups is 1. The van der Waals surface area contributed by atoms with Crippen molar-refractivity contribution in [2.45, 2.75) is 37.5 Å². The van der Waals surface area contributed by atoms with Gasteiger partial charge in [0.1, 0.15) is 0 Å². The lowest BCUT2D eigenvalue weighted by molar-refractivity contribution is 0.507. The van der Waals surface area contributed by atoms with Gasteiger partial charge in [-0.25, -0.2) is 0 Å². The molecule has 1 heterocycles. The maximum absolute atomic E-state index is 12.6. The molecule has 0 atom stereocenters. The molecular weight excluding hydrogens is 324 g/mol. The van der Waals surface area contributed by atoms with Crippen LogP contribution in [0.15, 0.2) is 44.7 Å². The van der Waals surface area contributed by atoms with E-state index in [1.807, 2.05) is 6.92 Å². The Kier molecular flexibility index (Phi) is 3.60. The summed E-state index contributed by atoms with van der Waals surface area (Å²) in [5, 5.41) is 3.71. The van der Waals surface area contributed by atoms with E-state index in [2.05, 4.69) is 5.10 Å². The number of nitrogens with zero attached hydrogens (tertiary/aromatic N) is 2. The van der Waals surface area contributed by atoms with Crippen molar-refractivity contribution >= 4 is 26.3 Å². The predicted molar refractivity (Wildman–Crippen MR) is 83.1 cm³/mol. The summed E-state index contributed by atoms with van der Waals surface area (Å²) >= 11 is 0. The van der Waals surface area contributed by atoms with E-state index in [0.717, 1.165) is 18.4 Å². The van der Waals surface area contributed by atoms with Gasteiger partial charge in [-0.15, -0.1) is 0 Å². The molecule has 22 heavy (non-hydrogen) atoms. The molecule has 0 spiro atoms. The molecule has 0 fully saturated rings. The summed E-state index contributed by atoms with van der Waals surface area (Å²) in [5.41, 5.74) is 1.52. The highest BCUT2D eigenvalue weighted by Gasteiger charge is 2.40. The fourth-order valence-corrected chi connectivity index (χ4v) is 6.24. The normalized spacial score (nSPS) is 20.9. The third-order valence-electron chi connectivity index (χ3n) is 3.81. The third-order valence-corrected chi connectivity index (χ3v) is 7.95. The van der Waals surface area contributed by atoms with Gasteiger partial charge in [0.2, 0.25) is 0 Å². The molecule has 1 aliphatic carbocycles. The zero-order chi connectivity index (χ0) is 16.0. The second-order valence-electron chi connectivity index (χ2n) is 5.40. The Hall–Kier alpha value is -1.67. The summed E-state index contributed by atoms with van der Waals surface area (Å²) in [5.74, 6) is 0. The van der Waals surface area contributed by atoms with Crippen molar-refractivity contribution in [1.82, 2.24) is 3.82 Å². The van der Waals surface area contributed by atoms with Gasteiger partial charge in [-0.2, -0.15) is 21.9 Å². The summed E-state index contributed by atoms with van der Waals surface area (Å²) in [6, 6.07) is 6.03. The number of hydrogen-bond donors (Lipinski definition) is 0. The Morgan fingerprint density at radius 1 is 1.09 bits per heavy atom. The van der Waals surface area contributed by atoms with Gasteiger partial charge in [-0.05, 0) is 50.3 Å². The first-order valence-corrected chi connectivity index (χ1v) is 9.85. The van der Waals surface area contributed by atoms with E-state index in [0.29, 0.717) is 18.4 Å². The standard InChI is InChI=1S/C14H16N2O4S2/c1-11-6-8-13(9-7-11)21(17,18)16-15-10-12-4-2-3-5-14(12)22(16,19)20/h6-10H,2-5H2,1H3. The molecule has 0 saturated carbocycles. The smallest absolute Gasteiger partial charge is 0.199 e. The van der Waals surface area contributed by atoms with Crippen molar-refractivity contribution < 1.29 is 16.8 Å². The van der Waals surface area contributed by atoms with Crippen LogP contribution in [0.4, 0.5) is 0 Å². The number of allylic oxidation sites excluding steroid dienone is 2. The quantitative estimate of drug-likeness (QED) is 0.826. The van der Waals surface area contributed by atoms with E-state index in [4.69, 9.17) is 0 Å². The molecule has 0 unspecified atom stereocenters. The van der Waals surface area contributed by atoms with Crippen LogP contribution in [-0.4, -0.2) is 26.9 Å². The van der Waals surface area contributed by atoms with Gasteiger partial charge in [0, 0.05) is 0 Å². The van der Waals surface area contributed by atoms with Gasteiger partial charge in [-0.1, -0.05) is 21.5 Å². The van der Waals surface area contributed by atoms with Gasteiger partial charge in [0.05, 0.1) is 16.0 Å². The highest BCUT2D eigenvalue weighted by atomic mass is 32.3. The Morgan fingerprint density at radius 3 is 2.41 bits per heavy atom. The summed E-state index contributed by atoms with van der Waals surface area (Å²) in [6.07, 6.45) is 3.98. The SMILES string of the molecule is Cc1ccc(S(=O)(=O)N2N=CC3=C(CCCC3)S2(=O)=O)cc1. The van der Waals surface area contributed by atoms with Crippen molar-refractivity contribution in [3.8, 4) is 0 Å². The van der Waals surface area contributed by atoms with Gasteiger partial charge in [0.15, 0.2) is 0 Å². The van der Waals surface area contributed by atoms with Crippen LogP contribution in [-0.2, 0) is 20.0 Å². The summed E-state index contributed by atoms with van der Waals surface area (Å²) < 4.78 is 50.7. The van der Waals surface area contributed by atoms with Crippen molar-refractivity contribution in [1.29, 1.82) is 0 Å². The van der Waals surface area contributed by atoms with Crippen LogP contribution >= 0.6 is 0 Å². The van der Waals surface area contributed by atoms with Crippen molar-refractivity contribution in [2.75, 3.05) is 0 Å². The second kappa shape index (κ2) is 5.20. The maximum Gasteiger partial charge on any atom is 0.293 e. The fraction of sp³-hybridized carbons (Fsp3) is 0.357. The van der Waals surface area contributed by atoms with E-state index in [-0.39, 0.29) is 13.6 Å². The monoisotopic (exact) mass is 340 g/mol. The van der Waals surface area contributed by atoms with Crippen LogP contribution in [0.25, 0.3) is 0 Å². The molecule has 1 aromatic rings. The Balaban J connectivity index is 2.08. The zero-order valence-corrected chi connectivity index (χ0v) is 13.7. The molecule has 3 rings (SSSR count). The fourth-order valence-electron chi connectivity index (χ4n) is 2.60. The topological polar surface area (TPSA) is 83.9 Å². The molecule has 6 nitrogen and oxygen atoms in total. The number of sulfonamides is 2. The lowest BCUT2D eigenvalue weighted by atomic mass is 10.0. The molecule has 8 heteroatoms. The summed E-state index contributed by atoms with van der Waals surface area (Å²) in [6.45, 7) is 1.82. The minimum Gasteiger partial charge on any atom is -0.199 e. The van der Waals surface area contributed by atoms with Crippen molar-refractivity contribution in [3.63, 3.8) is 0 Å². The number of hydrogen-bond acceptors (Lipinski definition) is 5. The summed E-state index contributed by atoms with van der Waals surface area (Å²) in [4.78, 5) is 0.100. The minimum absolute atomic E-state index is 0.0846. The largest absolute Gasteiger partial charge is 0.293 e. The number of aryl methyl sites for hydroxylation is 1. The molecule has 1 aromatic carbocycles. The van der Waals surface area contributed by atoms with Crippen LogP contribution in [0, 0.1) is 6.92 Å². The summed E-state index contributed by atoms with van der Waals surface area (Å²) in [7, 11) is -8.34. The molecule has 0 N–H and O–H groups in total. The molecule has 0 saturated heterocycles. The second-order valence-corrected chi connectivity index (χ2v) is 9.19. The Bertz CT molecular complexity index is 866. The number of benzene rings is 1. The molecule has 0 radical (unpaired) electrons. The lowest BCUT2D eigenvalue weighted by Crippen LogP contribution is -2.37. The van der Waals surface area contributed by atoms with Gasteiger partial charge >= 0.3 is 0 Å². The predicted octanol–water partition coefficient (Wildman–Crippen LogP) is 2.14. The molecule has 0 aromatic heterocycles. The first-order valence-electron chi connectivity index (χ1n) is 6.97. The average Bonchev–Trinajstić information content (AvgIpc) is 2.47. The van der Waals surface area contributed by atoms with Crippen LogP contribution in [0.5, 0.6) is 0 Å². The molecule has 1 aliphatic heterocycles. The molecule has 2 aliphatic rings. The van der Waals surface area contributed by atoms with Crippen LogP contribution in [0.1, 0.15) is 31.2 Å². The third kappa shape index (κ3) is 2.36. The van der Waals surface area contributed by atoms with Crippen LogP contribution < -0.4 is 0 Å². The highest BCUT2D eigenvalue weighted by molar-refractivity contribution is 8.06. The van der Waals surface area contributed by atoms with Gasteiger partial charge < -0.3 is 0 Å². The Morgan fingerprint density at radius 2 is 1.73 bits per heavy atom. The molecule has 0 amide bonds. The van der Waals surface area contributed by atoms with Crippen molar-refractivity contribution in [2.24, 2.45) is 5.10 Å². The van der Waals surface area contributed by atoms with Crippen molar-refractivity contribution in [3.05, 3.63) is 40.3 Å². The molecule has 0 bridgehead atoms. The van der Waals surface area contributed by atoms with Gasteiger partial charge in [0.25, 0.3) is 20.0 Å². The molecular formula is C14H16N2O4S2. The lowest BCUT2D eigenvalue weighted by Gasteiger charge is -2.27. The maximum atomic E-state index is 12.6. The van der Waals surface area contributed by atoms with E-state index >= 15 is 0 Å². The first kappa shape index (κ1) is 15.2.